The molecule has 4 heterocycles. The van der Waals surface area contributed by atoms with E-state index in [1.165, 1.54) is 7.11 Å². The zero-order valence-corrected chi connectivity index (χ0v) is 47.7. The number of aliphatic imine (C=N–C) groups is 2. The topological polar surface area (TPSA) is 185 Å². The van der Waals surface area contributed by atoms with Gasteiger partial charge in [0.25, 0.3) is 11.8 Å². The van der Waals surface area contributed by atoms with E-state index >= 15 is 0 Å². The third-order valence-corrected chi connectivity index (χ3v) is 18.8. The van der Waals surface area contributed by atoms with Crippen molar-refractivity contribution in [2.24, 2.45) is 15.9 Å². The van der Waals surface area contributed by atoms with Crippen molar-refractivity contribution in [3.63, 3.8) is 0 Å². The number of carbonyl (C=O) groups is 6. The number of rotatable bonds is 23. The summed E-state index contributed by atoms with van der Waals surface area (Å²) < 4.78 is 18.5. The first kappa shape index (κ1) is 56.5. The molecule has 0 aromatic heterocycles. The molecule has 0 saturated heterocycles. The number of methoxy groups -OCH3 is 1. The molecule has 5 aromatic carbocycles. The Kier molecular flexibility index (Phi) is 17.5. The van der Waals surface area contributed by atoms with Gasteiger partial charge < -0.3 is 24.8 Å². The molecule has 17 heteroatoms. The lowest BCUT2D eigenvalue weighted by Crippen LogP contribution is -2.40. The van der Waals surface area contributed by atoms with E-state index in [0.717, 1.165) is 34.5 Å². The lowest BCUT2D eigenvalue weighted by molar-refractivity contribution is -0.129. The van der Waals surface area contributed by atoms with Crippen molar-refractivity contribution in [3.8, 4) is 17.2 Å². The number of anilines is 3. The van der Waals surface area contributed by atoms with Crippen molar-refractivity contribution in [1.29, 1.82) is 0 Å². The maximum atomic E-state index is 14.1. The number of carbonyl (C=O) groups excluding carboxylic acids is 6. The summed E-state index contributed by atoms with van der Waals surface area (Å²) in [5.74, 6) is -0.473. The summed E-state index contributed by atoms with van der Waals surface area (Å²) in [6.07, 6.45) is 7.61. The van der Waals surface area contributed by atoms with Gasteiger partial charge in [-0.15, -0.1) is 0 Å². The van der Waals surface area contributed by atoms with Crippen LogP contribution in [-0.2, 0) is 45.2 Å². The number of hydrogen-bond acceptors (Lipinski definition) is 13. The third kappa shape index (κ3) is 13.1. The maximum absolute atomic E-state index is 14.1. The molecule has 5 aromatic rings. The molecule has 4 aliphatic heterocycles. The van der Waals surface area contributed by atoms with E-state index in [0.29, 0.717) is 93.9 Å². The van der Waals surface area contributed by atoms with Gasteiger partial charge in [-0.3, -0.25) is 48.6 Å². The van der Waals surface area contributed by atoms with Crippen LogP contribution in [-0.4, -0.2) is 82.9 Å². The summed E-state index contributed by atoms with van der Waals surface area (Å²) in [4.78, 5) is 93.6. The SMILES string of the molecule is CCC(=O)CCC(C)SSC(C)(C)CCC(=O)N[C@@H](C)C(=O)C[C@H](C)C(=O)Nc1cc(COc2cc3c(cc2C)C(=O)N2c4ccccc4C[C@H]2C=N3)cc(COc2cc3c(cc2OC)C(=O)N2c4ccccc4C[C@H]2C=N3)c1. The summed E-state index contributed by atoms with van der Waals surface area (Å²) in [6, 6.07) is 27.0. The number of ether oxygens (including phenoxy) is 3. The average Bonchev–Trinajstić information content (AvgIpc) is 4.02. The van der Waals surface area contributed by atoms with Gasteiger partial charge >= 0.3 is 0 Å². The van der Waals surface area contributed by atoms with Crippen LogP contribution in [0.3, 0.4) is 0 Å². The van der Waals surface area contributed by atoms with Gasteiger partial charge in [0.05, 0.1) is 47.7 Å². The Morgan fingerprint density at radius 3 is 1.91 bits per heavy atom. The van der Waals surface area contributed by atoms with E-state index in [1.54, 1.807) is 76.9 Å². The van der Waals surface area contributed by atoms with Crippen LogP contribution in [0.4, 0.5) is 28.4 Å². The molecule has 0 spiro atoms. The largest absolute Gasteiger partial charge is 0.493 e. The van der Waals surface area contributed by atoms with Gasteiger partial charge in [-0.25, -0.2) is 0 Å². The molecule has 0 radical (unpaired) electrons. The van der Waals surface area contributed by atoms with E-state index in [9.17, 15) is 28.8 Å². The van der Waals surface area contributed by atoms with Gasteiger partial charge in [-0.2, -0.15) is 0 Å². The molecule has 0 aliphatic carbocycles. The highest BCUT2D eigenvalue weighted by Gasteiger charge is 2.38. The first-order chi connectivity index (χ1) is 37.9. The van der Waals surface area contributed by atoms with Crippen LogP contribution in [0.1, 0.15) is 129 Å². The maximum Gasteiger partial charge on any atom is 0.261 e. The van der Waals surface area contributed by atoms with Crippen molar-refractivity contribution >= 4 is 97.6 Å². The second kappa shape index (κ2) is 24.4. The fourth-order valence-corrected chi connectivity index (χ4v) is 12.8. The quantitative estimate of drug-likeness (QED) is 0.0593. The van der Waals surface area contributed by atoms with Crippen LogP contribution in [0.15, 0.2) is 101 Å². The molecule has 1 unspecified atom stereocenters. The Bertz CT molecular complexity index is 3270. The molecule has 2 N–H and O–H groups in total. The normalized spacial score (nSPS) is 17.0. The molecule has 15 nitrogen and oxygen atoms in total. The molecule has 0 bridgehead atoms. The van der Waals surface area contributed by atoms with Gasteiger partial charge in [-0.05, 0) is 111 Å². The van der Waals surface area contributed by atoms with Crippen LogP contribution in [0.5, 0.6) is 17.2 Å². The fourth-order valence-electron chi connectivity index (χ4n) is 10.2. The molecule has 0 fully saturated rings. The highest BCUT2D eigenvalue weighted by molar-refractivity contribution is 8.77. The number of benzene rings is 5. The molecular weight excluding hydrogens is 1040 g/mol. The molecular formula is C62H68N6O9S2. The minimum atomic E-state index is -0.801. The Morgan fingerprint density at radius 1 is 0.747 bits per heavy atom. The minimum absolute atomic E-state index is 0.0153. The summed E-state index contributed by atoms with van der Waals surface area (Å²) in [5, 5.41) is 6.15. The zero-order chi connectivity index (χ0) is 56.1. The minimum Gasteiger partial charge on any atom is -0.493 e. The first-order valence-electron chi connectivity index (χ1n) is 27.0. The van der Waals surface area contributed by atoms with Gasteiger partial charge in [0.1, 0.15) is 24.7 Å². The van der Waals surface area contributed by atoms with E-state index in [2.05, 4.69) is 31.4 Å². The second-order valence-corrected chi connectivity index (χ2v) is 24.9. The predicted octanol–water partition coefficient (Wildman–Crippen LogP) is 11.9. The Morgan fingerprint density at radius 2 is 1.32 bits per heavy atom. The molecule has 4 amide bonds. The van der Waals surface area contributed by atoms with Crippen molar-refractivity contribution in [1.82, 2.24) is 5.32 Å². The second-order valence-electron chi connectivity index (χ2n) is 21.5. The van der Waals surface area contributed by atoms with E-state index in [4.69, 9.17) is 24.2 Å². The summed E-state index contributed by atoms with van der Waals surface area (Å²) in [6.45, 7) is 13.4. The summed E-state index contributed by atoms with van der Waals surface area (Å²) in [5.41, 5.74) is 8.28. The number of ketones is 2. The van der Waals surface area contributed by atoms with Gasteiger partial charge in [-0.1, -0.05) is 78.8 Å². The van der Waals surface area contributed by atoms with Crippen molar-refractivity contribution in [2.45, 2.75) is 141 Å². The highest BCUT2D eigenvalue weighted by atomic mass is 33.1. The smallest absolute Gasteiger partial charge is 0.261 e. The molecule has 4 aliphatic rings. The van der Waals surface area contributed by atoms with Crippen LogP contribution in [0.25, 0.3) is 0 Å². The lowest BCUT2D eigenvalue weighted by Gasteiger charge is -2.25. The molecule has 0 saturated carbocycles. The van der Waals surface area contributed by atoms with Crippen molar-refractivity contribution in [3.05, 3.63) is 130 Å². The number of nitrogens with one attached hydrogen (secondary N) is 2. The number of fused-ring (bicyclic) bond motifs is 8. The first-order valence-corrected chi connectivity index (χ1v) is 29.2. The number of aryl methyl sites for hydroxylation is 1. The molecule has 412 valence electrons. The average molecular weight is 1110 g/mol. The van der Waals surface area contributed by atoms with Gasteiger partial charge in [0, 0.05) is 96.1 Å². The highest BCUT2D eigenvalue weighted by Crippen LogP contribution is 2.44. The number of nitrogens with zero attached hydrogens (tertiary/aromatic N) is 4. The third-order valence-electron chi connectivity index (χ3n) is 14.8. The number of hydrogen-bond donors (Lipinski definition) is 2. The van der Waals surface area contributed by atoms with E-state index in [1.807, 2.05) is 85.6 Å². The summed E-state index contributed by atoms with van der Waals surface area (Å²) >= 11 is 0. The van der Waals surface area contributed by atoms with Crippen LogP contribution in [0.2, 0.25) is 0 Å². The van der Waals surface area contributed by atoms with Crippen molar-refractivity contribution in [2.75, 3.05) is 22.2 Å². The number of para-hydroxylation sites is 2. The molecule has 5 atom stereocenters. The molecule has 9 rings (SSSR count). The monoisotopic (exact) mass is 1100 g/mol. The van der Waals surface area contributed by atoms with Gasteiger partial charge in [0.15, 0.2) is 17.3 Å². The molecule has 79 heavy (non-hydrogen) atoms. The van der Waals surface area contributed by atoms with E-state index in [-0.39, 0.29) is 72.2 Å². The lowest BCUT2D eigenvalue weighted by atomic mass is 9.99. The van der Waals surface area contributed by atoms with Crippen LogP contribution in [0, 0.1) is 12.8 Å². The summed E-state index contributed by atoms with van der Waals surface area (Å²) in [7, 11) is 4.95. The Balaban J connectivity index is 0.884. The van der Waals surface area contributed by atoms with Crippen LogP contribution >= 0.6 is 21.6 Å². The Hall–Kier alpha value is -7.24. The predicted molar refractivity (Wildman–Crippen MR) is 315 cm³/mol. The van der Waals surface area contributed by atoms with Crippen LogP contribution < -0.4 is 34.6 Å². The standard InChI is InChI=1S/C62H68N6O9S2/c1-9-47(69)19-18-38(4)78-79-62(6,7)21-20-58(71)65-39(5)54(70)23-37(3)59(72)66-44-25-40(34-76-55-30-50-48(22-36(55)2)60(73)67-45(32-63-50)27-42-14-10-12-16-52(42)67)24-41(26-44)35-77-57-31-51-49(29-56(57)75-8)61(74)68-46(33-64-51)28-43-15-11-13-17-53(43)68/h10-17,22,24-26,29-33,37-39,45-46H,9,18-21,23,27-28,34-35H2,1-8H3,(H,65,71)(H,66,72)/t37-,38?,39-,45-,46-/m0/s1. The van der Waals surface area contributed by atoms with E-state index < -0.39 is 17.9 Å². The Labute approximate surface area is 470 Å². The number of amides is 4. The van der Waals surface area contributed by atoms with Gasteiger partial charge in [0.2, 0.25) is 11.8 Å². The van der Waals surface area contributed by atoms with Crippen molar-refractivity contribution < 1.29 is 43.0 Å². The zero-order valence-electron chi connectivity index (χ0n) is 46.1. The fraction of sp³-hybridized carbons (Fsp3) is 0.387. The number of Topliss-reactive ketones (excluding diaryl/α,β-unsaturated/α-hetero) is 2.